The Labute approximate surface area is 153 Å². The monoisotopic (exact) mass is 351 g/mol. The Morgan fingerprint density at radius 1 is 1.23 bits per heavy atom. The van der Waals surface area contributed by atoms with Crippen LogP contribution >= 0.6 is 0 Å². The number of fused-ring (bicyclic) bond motifs is 1. The average molecular weight is 351 g/mol. The fraction of sp³-hybridized carbons (Fsp3) is 0.333. The lowest BCUT2D eigenvalue weighted by Crippen LogP contribution is -2.23. The van der Waals surface area contributed by atoms with Crippen LogP contribution in [0.2, 0.25) is 0 Å². The number of aryl methyl sites for hydroxylation is 2. The lowest BCUT2D eigenvalue weighted by Gasteiger charge is -2.16. The molecule has 2 N–H and O–H groups in total. The molecule has 0 fully saturated rings. The third kappa shape index (κ3) is 4.70. The molecule has 1 amide bonds. The average Bonchev–Trinajstić information content (AvgIpc) is 2.99. The molecule has 0 unspecified atom stereocenters. The molecule has 5 nitrogen and oxygen atoms in total. The zero-order chi connectivity index (χ0) is 18.7. The number of rotatable bonds is 6. The van der Waals surface area contributed by atoms with Gasteiger partial charge in [-0.3, -0.25) is 4.79 Å². The number of benzene rings is 1. The Morgan fingerprint density at radius 2 is 1.96 bits per heavy atom. The van der Waals surface area contributed by atoms with Crippen LogP contribution in [0.1, 0.15) is 47.4 Å². The quantitative estimate of drug-likeness (QED) is 0.716. The number of hydrogen-bond donors (Lipinski definition) is 2. The number of nitrogens with zero attached hydrogens (tertiary/aromatic N) is 2. The number of carbonyl (C=O) groups is 1. The Hall–Kier alpha value is -2.66. The molecule has 0 saturated carbocycles. The summed E-state index contributed by atoms with van der Waals surface area (Å²) >= 11 is 0. The summed E-state index contributed by atoms with van der Waals surface area (Å²) < 4.78 is 1.95. The first-order valence-electron chi connectivity index (χ1n) is 8.84. The molecule has 0 radical (unpaired) electrons. The number of imidazole rings is 1. The van der Waals surface area contributed by atoms with Gasteiger partial charge < -0.3 is 14.8 Å². The summed E-state index contributed by atoms with van der Waals surface area (Å²) in [6.07, 6.45) is 5.36. The SMILES string of the molecule is Cc1ccn2cc(CNC(=O)c3ccc(CCC(C)(C)O)cc3)nc2c1. The number of pyridine rings is 1. The number of nitrogens with one attached hydrogen (secondary N) is 1. The largest absolute Gasteiger partial charge is 0.390 e. The first-order chi connectivity index (χ1) is 12.3. The second-order valence-corrected chi connectivity index (χ2v) is 7.39. The highest BCUT2D eigenvalue weighted by Gasteiger charge is 2.12. The summed E-state index contributed by atoms with van der Waals surface area (Å²) in [5.74, 6) is -0.118. The van der Waals surface area contributed by atoms with Crippen molar-refractivity contribution >= 4 is 11.6 Å². The number of carbonyl (C=O) groups excluding carboxylic acids is 1. The van der Waals surface area contributed by atoms with Crippen molar-refractivity contribution in [3.63, 3.8) is 0 Å². The minimum absolute atomic E-state index is 0.118. The van der Waals surface area contributed by atoms with Crippen LogP contribution in [0.4, 0.5) is 0 Å². The van der Waals surface area contributed by atoms with Crippen molar-refractivity contribution in [3.05, 3.63) is 71.2 Å². The summed E-state index contributed by atoms with van der Waals surface area (Å²) in [5.41, 5.74) is 3.92. The zero-order valence-corrected chi connectivity index (χ0v) is 15.5. The van der Waals surface area contributed by atoms with Crippen LogP contribution in [-0.2, 0) is 13.0 Å². The Balaban J connectivity index is 1.58. The second kappa shape index (κ2) is 7.30. The molecule has 0 atom stereocenters. The van der Waals surface area contributed by atoms with Crippen LogP contribution in [-0.4, -0.2) is 26.0 Å². The number of amides is 1. The summed E-state index contributed by atoms with van der Waals surface area (Å²) in [6, 6.07) is 11.6. The summed E-state index contributed by atoms with van der Waals surface area (Å²) in [7, 11) is 0. The Morgan fingerprint density at radius 3 is 2.65 bits per heavy atom. The fourth-order valence-electron chi connectivity index (χ4n) is 2.77. The molecule has 0 aliphatic rings. The fourth-order valence-corrected chi connectivity index (χ4v) is 2.77. The highest BCUT2D eigenvalue weighted by molar-refractivity contribution is 5.94. The van der Waals surface area contributed by atoms with Gasteiger partial charge in [-0.1, -0.05) is 12.1 Å². The van der Waals surface area contributed by atoms with E-state index in [2.05, 4.69) is 10.3 Å². The van der Waals surface area contributed by atoms with Crippen molar-refractivity contribution in [3.8, 4) is 0 Å². The van der Waals surface area contributed by atoms with Crippen LogP contribution in [0.3, 0.4) is 0 Å². The molecular formula is C21H25N3O2. The van der Waals surface area contributed by atoms with Gasteiger partial charge in [0.25, 0.3) is 5.91 Å². The smallest absolute Gasteiger partial charge is 0.251 e. The molecule has 3 rings (SSSR count). The molecule has 5 heteroatoms. The minimum atomic E-state index is -0.678. The first-order valence-corrected chi connectivity index (χ1v) is 8.84. The van der Waals surface area contributed by atoms with Crippen LogP contribution in [0, 0.1) is 6.92 Å². The van der Waals surface area contributed by atoms with Crippen LogP contribution in [0.5, 0.6) is 0 Å². The van der Waals surface area contributed by atoms with E-state index in [4.69, 9.17) is 0 Å². The van der Waals surface area contributed by atoms with E-state index in [0.717, 1.165) is 28.9 Å². The number of hydrogen-bond acceptors (Lipinski definition) is 3. The van der Waals surface area contributed by atoms with E-state index >= 15 is 0 Å². The Bertz CT molecular complexity index is 905. The highest BCUT2D eigenvalue weighted by Crippen LogP contribution is 2.14. The van der Waals surface area contributed by atoms with E-state index < -0.39 is 5.60 Å². The van der Waals surface area contributed by atoms with Gasteiger partial charge in [0.1, 0.15) is 5.65 Å². The van der Waals surface area contributed by atoms with Crippen molar-refractivity contribution in [2.75, 3.05) is 0 Å². The maximum absolute atomic E-state index is 12.3. The van der Waals surface area contributed by atoms with Gasteiger partial charge in [0.05, 0.1) is 17.8 Å². The van der Waals surface area contributed by atoms with E-state index in [1.807, 2.05) is 60.1 Å². The van der Waals surface area contributed by atoms with Crippen molar-refractivity contribution in [2.24, 2.45) is 0 Å². The zero-order valence-electron chi connectivity index (χ0n) is 15.5. The molecule has 3 aromatic rings. The van der Waals surface area contributed by atoms with Gasteiger partial charge in [-0.05, 0) is 69.0 Å². The van der Waals surface area contributed by atoms with Crippen LogP contribution in [0.15, 0.2) is 48.8 Å². The van der Waals surface area contributed by atoms with Crippen molar-refractivity contribution in [2.45, 2.75) is 45.8 Å². The summed E-state index contributed by atoms with van der Waals surface area (Å²) in [6.45, 7) is 6.02. The third-order valence-corrected chi connectivity index (χ3v) is 4.34. The van der Waals surface area contributed by atoms with E-state index in [1.165, 1.54) is 0 Å². The normalized spacial score (nSPS) is 11.7. The van der Waals surface area contributed by atoms with Gasteiger partial charge >= 0.3 is 0 Å². The molecule has 1 aromatic carbocycles. The number of aromatic nitrogens is 2. The molecular weight excluding hydrogens is 326 g/mol. The molecule has 0 aliphatic heterocycles. The highest BCUT2D eigenvalue weighted by atomic mass is 16.3. The topological polar surface area (TPSA) is 66.6 Å². The molecule has 0 aliphatic carbocycles. The van der Waals surface area contributed by atoms with Gasteiger partial charge in [0, 0.05) is 18.0 Å². The predicted molar refractivity (Wildman–Crippen MR) is 102 cm³/mol. The van der Waals surface area contributed by atoms with Gasteiger partial charge in [-0.2, -0.15) is 0 Å². The maximum atomic E-state index is 12.3. The van der Waals surface area contributed by atoms with Crippen molar-refractivity contribution in [1.82, 2.24) is 14.7 Å². The van der Waals surface area contributed by atoms with Crippen molar-refractivity contribution in [1.29, 1.82) is 0 Å². The molecule has 26 heavy (non-hydrogen) atoms. The standard InChI is InChI=1S/C21H25N3O2/c1-15-9-11-24-14-18(23-19(24)12-15)13-22-20(25)17-6-4-16(5-7-17)8-10-21(2,3)26/h4-7,9,11-12,14,26H,8,10,13H2,1-3H3,(H,22,25). The predicted octanol–water partition coefficient (Wildman–Crippen LogP) is 3.28. The molecule has 0 bridgehead atoms. The van der Waals surface area contributed by atoms with Gasteiger partial charge in [0.2, 0.25) is 0 Å². The molecule has 136 valence electrons. The maximum Gasteiger partial charge on any atom is 0.251 e. The van der Waals surface area contributed by atoms with Gasteiger partial charge in [-0.15, -0.1) is 0 Å². The van der Waals surface area contributed by atoms with Crippen LogP contribution < -0.4 is 5.32 Å². The number of aliphatic hydroxyl groups is 1. The third-order valence-electron chi connectivity index (χ3n) is 4.34. The van der Waals surface area contributed by atoms with Gasteiger partial charge in [0.15, 0.2) is 0 Å². The Kier molecular flexibility index (Phi) is 5.09. The minimum Gasteiger partial charge on any atom is -0.390 e. The molecule has 0 spiro atoms. The van der Waals surface area contributed by atoms with E-state index in [9.17, 15) is 9.90 Å². The van der Waals surface area contributed by atoms with Crippen LogP contribution in [0.25, 0.3) is 5.65 Å². The lowest BCUT2D eigenvalue weighted by molar-refractivity contribution is 0.0713. The van der Waals surface area contributed by atoms with E-state index in [1.54, 1.807) is 13.8 Å². The summed E-state index contributed by atoms with van der Waals surface area (Å²) in [4.78, 5) is 16.9. The van der Waals surface area contributed by atoms with Gasteiger partial charge in [-0.25, -0.2) is 4.98 Å². The van der Waals surface area contributed by atoms with E-state index in [0.29, 0.717) is 18.5 Å². The molecule has 0 saturated heterocycles. The van der Waals surface area contributed by atoms with E-state index in [-0.39, 0.29) is 5.91 Å². The summed E-state index contributed by atoms with van der Waals surface area (Å²) in [5, 5.41) is 12.7. The molecule has 2 heterocycles. The first kappa shape index (κ1) is 18.1. The lowest BCUT2D eigenvalue weighted by atomic mass is 9.98. The molecule has 2 aromatic heterocycles. The van der Waals surface area contributed by atoms with Crippen molar-refractivity contribution < 1.29 is 9.90 Å². The second-order valence-electron chi connectivity index (χ2n) is 7.39.